The van der Waals surface area contributed by atoms with Crippen LogP contribution < -0.4 is 0 Å². The first-order valence-corrected chi connectivity index (χ1v) is 13.0. The minimum absolute atomic E-state index is 0.144. The van der Waals surface area contributed by atoms with Crippen molar-refractivity contribution >= 4 is 11.9 Å². The third kappa shape index (κ3) is 3.64. The quantitative estimate of drug-likeness (QED) is 0.352. The zero-order valence-electron chi connectivity index (χ0n) is 20.9. The Morgan fingerprint density at radius 3 is 2.71 bits per heavy atom. The average Bonchev–Trinajstić information content (AvgIpc) is 3.35. The molecule has 0 amide bonds. The topological polar surface area (TPSA) is 62.8 Å². The molecule has 4 atom stereocenters. The lowest BCUT2D eigenvalue weighted by Gasteiger charge is -2.49. The van der Waals surface area contributed by atoms with E-state index in [4.69, 9.17) is 10.2 Å². The van der Waals surface area contributed by atoms with E-state index in [9.17, 15) is 5.11 Å². The van der Waals surface area contributed by atoms with Gasteiger partial charge < -0.3 is 5.11 Å². The summed E-state index contributed by atoms with van der Waals surface area (Å²) in [6.45, 7) is 6.57. The number of aryl methyl sites for hydroxylation is 2. The highest BCUT2D eigenvalue weighted by atomic mass is 16.3. The molecule has 0 unspecified atom stereocenters. The van der Waals surface area contributed by atoms with Crippen molar-refractivity contribution in [1.82, 2.24) is 9.78 Å². The van der Waals surface area contributed by atoms with Crippen molar-refractivity contribution in [2.24, 2.45) is 27.5 Å². The second-order valence-corrected chi connectivity index (χ2v) is 10.9. The zero-order valence-corrected chi connectivity index (χ0v) is 20.9. The molecule has 0 radical (unpaired) electrons. The van der Waals surface area contributed by atoms with Crippen LogP contribution in [0.25, 0.3) is 5.69 Å². The molecule has 0 spiro atoms. The standard InChI is InChI=1S/C30H34N4O/c1-19-27(20(2)34(33-19)22-7-5-4-6-8-22)18-31-32-29-14-13-28-26-11-9-21-17-23(35)10-12-24(21)25(26)15-16-30(28,29)3/h4-8,10,12,17-18,25-26,28,35H,9,11,13-16H2,1-3H3/b31-18-,32-29-/t25-,26-,28-,30-/m0/s1. The van der Waals surface area contributed by atoms with Crippen molar-refractivity contribution in [2.75, 3.05) is 0 Å². The van der Waals surface area contributed by atoms with E-state index in [1.807, 2.05) is 48.2 Å². The summed E-state index contributed by atoms with van der Waals surface area (Å²) >= 11 is 0. The molecule has 1 N–H and O–H groups in total. The predicted octanol–water partition coefficient (Wildman–Crippen LogP) is 6.53. The van der Waals surface area contributed by atoms with E-state index in [1.165, 1.54) is 36.1 Å². The van der Waals surface area contributed by atoms with E-state index < -0.39 is 0 Å². The number of phenolic OH excluding ortho intramolecular Hbond substituents is 1. The summed E-state index contributed by atoms with van der Waals surface area (Å²) in [6.07, 6.45) is 8.81. The number of aromatic nitrogens is 2. The van der Waals surface area contributed by atoms with Gasteiger partial charge in [-0.1, -0.05) is 31.2 Å². The van der Waals surface area contributed by atoms with Crippen LogP contribution in [0.4, 0.5) is 0 Å². The van der Waals surface area contributed by atoms with Gasteiger partial charge in [0.15, 0.2) is 0 Å². The Labute approximate surface area is 207 Å². The molecule has 0 bridgehead atoms. The molecule has 35 heavy (non-hydrogen) atoms. The Hall–Kier alpha value is -3.21. The highest BCUT2D eigenvalue weighted by molar-refractivity contribution is 5.93. The molecule has 1 aromatic heterocycles. The van der Waals surface area contributed by atoms with Gasteiger partial charge in [0.1, 0.15) is 5.75 Å². The van der Waals surface area contributed by atoms with Gasteiger partial charge in [0.2, 0.25) is 0 Å². The summed E-state index contributed by atoms with van der Waals surface area (Å²) in [5.41, 5.74) is 8.42. The van der Waals surface area contributed by atoms with Crippen LogP contribution >= 0.6 is 0 Å². The highest BCUT2D eigenvalue weighted by Gasteiger charge is 2.53. The monoisotopic (exact) mass is 466 g/mol. The second-order valence-electron chi connectivity index (χ2n) is 10.9. The van der Waals surface area contributed by atoms with Crippen LogP contribution in [-0.2, 0) is 6.42 Å². The molecule has 2 aromatic carbocycles. The van der Waals surface area contributed by atoms with Crippen LogP contribution in [0.15, 0.2) is 58.7 Å². The summed E-state index contributed by atoms with van der Waals surface area (Å²) in [5.74, 6) is 2.39. The fourth-order valence-corrected chi connectivity index (χ4v) is 7.34. The van der Waals surface area contributed by atoms with Crippen LogP contribution in [0.3, 0.4) is 0 Å². The van der Waals surface area contributed by atoms with E-state index in [1.54, 1.807) is 0 Å². The van der Waals surface area contributed by atoms with Crippen LogP contribution in [0.1, 0.15) is 73.0 Å². The first-order valence-electron chi connectivity index (χ1n) is 13.0. The molecule has 3 aliphatic carbocycles. The van der Waals surface area contributed by atoms with Crippen LogP contribution in [-0.4, -0.2) is 26.8 Å². The minimum Gasteiger partial charge on any atom is -0.508 e. The highest BCUT2D eigenvalue weighted by Crippen LogP contribution is 2.60. The van der Waals surface area contributed by atoms with E-state index in [-0.39, 0.29) is 5.41 Å². The number of phenols is 1. The van der Waals surface area contributed by atoms with Crippen molar-refractivity contribution in [1.29, 1.82) is 0 Å². The van der Waals surface area contributed by atoms with E-state index in [2.05, 4.69) is 37.1 Å². The predicted molar refractivity (Wildman–Crippen MR) is 141 cm³/mol. The Morgan fingerprint density at radius 2 is 1.89 bits per heavy atom. The molecule has 2 saturated carbocycles. The maximum atomic E-state index is 9.93. The molecular formula is C30H34N4O. The van der Waals surface area contributed by atoms with E-state index in [0.717, 1.165) is 41.9 Å². The number of benzene rings is 2. The maximum Gasteiger partial charge on any atom is 0.115 e. The van der Waals surface area contributed by atoms with Crippen molar-refractivity contribution in [3.05, 3.63) is 76.6 Å². The fraction of sp³-hybridized carbons (Fsp3) is 0.433. The lowest BCUT2D eigenvalue weighted by Crippen LogP contribution is -2.42. The Bertz CT molecular complexity index is 1320. The Kier molecular flexibility index (Phi) is 5.39. The van der Waals surface area contributed by atoms with Gasteiger partial charge in [0.05, 0.1) is 23.3 Å². The van der Waals surface area contributed by atoms with Crippen LogP contribution in [0.2, 0.25) is 0 Å². The SMILES string of the molecule is Cc1nn(-c2ccccc2)c(C)c1/C=N\N=C1\CC[C@H]2[C@H]3CCc4cc(O)ccc4[C@@H]3CC[C@]12C. The normalized spacial score (nSPS) is 28.8. The van der Waals surface area contributed by atoms with Gasteiger partial charge in [-0.25, -0.2) is 4.68 Å². The largest absolute Gasteiger partial charge is 0.508 e. The fourth-order valence-electron chi connectivity index (χ4n) is 7.34. The summed E-state index contributed by atoms with van der Waals surface area (Å²) in [6, 6.07) is 16.3. The van der Waals surface area contributed by atoms with Gasteiger partial charge in [-0.15, -0.1) is 0 Å². The third-order valence-corrected chi connectivity index (χ3v) is 9.16. The summed E-state index contributed by atoms with van der Waals surface area (Å²) in [5, 5.41) is 24.1. The van der Waals surface area contributed by atoms with Gasteiger partial charge in [0.25, 0.3) is 0 Å². The smallest absolute Gasteiger partial charge is 0.115 e. The number of rotatable bonds is 3. The Balaban J connectivity index is 1.24. The zero-order chi connectivity index (χ0) is 24.2. The molecule has 3 aliphatic rings. The van der Waals surface area contributed by atoms with Crippen molar-refractivity contribution < 1.29 is 5.11 Å². The molecule has 5 heteroatoms. The minimum atomic E-state index is 0.144. The van der Waals surface area contributed by atoms with Gasteiger partial charge in [0, 0.05) is 16.7 Å². The molecule has 5 nitrogen and oxygen atoms in total. The third-order valence-electron chi connectivity index (χ3n) is 9.16. The van der Waals surface area contributed by atoms with Crippen LogP contribution in [0, 0.1) is 31.1 Å². The first kappa shape index (κ1) is 22.3. The molecular weight excluding hydrogens is 432 g/mol. The van der Waals surface area contributed by atoms with Gasteiger partial charge in [-0.05, 0) is 106 Å². The van der Waals surface area contributed by atoms with Gasteiger partial charge in [-0.2, -0.15) is 15.3 Å². The molecule has 2 fully saturated rings. The van der Waals surface area contributed by atoms with Crippen molar-refractivity contribution in [3.8, 4) is 11.4 Å². The molecule has 0 aliphatic heterocycles. The molecule has 180 valence electrons. The van der Waals surface area contributed by atoms with E-state index in [0.29, 0.717) is 23.5 Å². The summed E-state index contributed by atoms with van der Waals surface area (Å²) in [4.78, 5) is 0. The number of hydrogen-bond donors (Lipinski definition) is 1. The molecule has 6 rings (SSSR count). The number of para-hydroxylation sites is 1. The number of aromatic hydroxyl groups is 1. The Morgan fingerprint density at radius 1 is 1.06 bits per heavy atom. The van der Waals surface area contributed by atoms with E-state index >= 15 is 0 Å². The number of nitrogens with zero attached hydrogens (tertiary/aromatic N) is 4. The summed E-state index contributed by atoms with van der Waals surface area (Å²) < 4.78 is 1.98. The molecule has 0 saturated heterocycles. The summed E-state index contributed by atoms with van der Waals surface area (Å²) in [7, 11) is 0. The van der Waals surface area contributed by atoms with Gasteiger partial charge >= 0.3 is 0 Å². The molecule has 1 heterocycles. The number of hydrogen-bond acceptors (Lipinski definition) is 4. The van der Waals surface area contributed by atoms with Gasteiger partial charge in [-0.3, -0.25) is 0 Å². The average molecular weight is 467 g/mol. The lowest BCUT2D eigenvalue weighted by molar-refractivity contribution is 0.0955. The van der Waals surface area contributed by atoms with Crippen molar-refractivity contribution in [2.45, 2.75) is 65.2 Å². The van der Waals surface area contributed by atoms with Crippen LogP contribution in [0.5, 0.6) is 5.75 Å². The lowest BCUT2D eigenvalue weighted by atomic mass is 9.55. The molecule has 3 aromatic rings. The van der Waals surface area contributed by atoms with Crippen molar-refractivity contribution in [3.63, 3.8) is 0 Å². The number of fused-ring (bicyclic) bond motifs is 5. The first-order chi connectivity index (χ1) is 17.0. The second kappa shape index (κ2) is 8.47. The maximum absolute atomic E-state index is 9.93.